The van der Waals surface area contributed by atoms with E-state index in [1.54, 1.807) is 0 Å². The molecule has 1 aromatic rings. The van der Waals surface area contributed by atoms with Crippen LogP contribution in [0.3, 0.4) is 0 Å². The van der Waals surface area contributed by atoms with Crippen molar-refractivity contribution in [2.75, 3.05) is 5.32 Å². The minimum atomic E-state index is -0.107. The van der Waals surface area contributed by atoms with Gasteiger partial charge >= 0.3 is 0 Å². The molecule has 14 heavy (non-hydrogen) atoms. The second kappa shape index (κ2) is 5.02. The molecule has 0 aromatic heterocycles. The highest BCUT2D eigenvalue weighted by atomic mass is 79.9. The Bertz CT molecular complexity index is 355. The van der Waals surface area contributed by atoms with E-state index in [9.17, 15) is 0 Å². The number of hydrogen-bond acceptors (Lipinski definition) is 2. The fourth-order valence-electron chi connectivity index (χ4n) is 1.11. The van der Waals surface area contributed by atoms with Crippen LogP contribution in [0.5, 0.6) is 0 Å². The van der Waals surface area contributed by atoms with E-state index in [1.165, 1.54) is 5.56 Å². The summed E-state index contributed by atoms with van der Waals surface area (Å²) in [6.07, 6.45) is 0.808. The molecule has 3 heteroatoms. The number of nitriles is 1. The third-order valence-corrected chi connectivity index (χ3v) is 2.93. The van der Waals surface area contributed by atoms with E-state index in [0.717, 1.165) is 16.6 Å². The molecule has 0 saturated carbocycles. The van der Waals surface area contributed by atoms with Crippen LogP contribution in [0.2, 0.25) is 0 Å². The van der Waals surface area contributed by atoms with Gasteiger partial charge in [-0.2, -0.15) is 5.26 Å². The second-order valence-corrected chi connectivity index (χ2v) is 4.05. The number of benzene rings is 1. The Morgan fingerprint density at radius 3 is 2.79 bits per heavy atom. The molecule has 0 radical (unpaired) electrons. The van der Waals surface area contributed by atoms with Crippen LogP contribution in [0.25, 0.3) is 0 Å². The summed E-state index contributed by atoms with van der Waals surface area (Å²) >= 11 is 3.46. The lowest BCUT2D eigenvalue weighted by atomic mass is 10.2. The van der Waals surface area contributed by atoms with E-state index in [2.05, 4.69) is 27.3 Å². The van der Waals surface area contributed by atoms with Crippen LogP contribution in [0.4, 0.5) is 5.69 Å². The van der Waals surface area contributed by atoms with Crippen LogP contribution in [-0.2, 0) is 0 Å². The van der Waals surface area contributed by atoms with Gasteiger partial charge in [0.15, 0.2) is 0 Å². The van der Waals surface area contributed by atoms with E-state index in [0.29, 0.717) is 0 Å². The molecule has 0 heterocycles. The van der Waals surface area contributed by atoms with Crippen molar-refractivity contribution in [1.29, 1.82) is 5.26 Å². The molecule has 0 aliphatic carbocycles. The van der Waals surface area contributed by atoms with Crippen LogP contribution in [0.15, 0.2) is 22.7 Å². The lowest BCUT2D eigenvalue weighted by Crippen LogP contribution is -2.15. The molecule has 0 bridgehead atoms. The minimum absolute atomic E-state index is 0.107. The monoisotopic (exact) mass is 252 g/mol. The Morgan fingerprint density at radius 1 is 1.57 bits per heavy atom. The highest BCUT2D eigenvalue weighted by molar-refractivity contribution is 9.10. The van der Waals surface area contributed by atoms with E-state index >= 15 is 0 Å². The summed E-state index contributed by atoms with van der Waals surface area (Å²) in [4.78, 5) is 0. The molecule has 0 spiro atoms. The fourth-order valence-corrected chi connectivity index (χ4v) is 1.49. The van der Waals surface area contributed by atoms with Crippen molar-refractivity contribution in [1.82, 2.24) is 0 Å². The molecule has 1 rings (SSSR count). The fraction of sp³-hybridized carbons (Fsp3) is 0.364. The maximum Gasteiger partial charge on any atom is 0.114 e. The first kappa shape index (κ1) is 11.1. The molecular weight excluding hydrogens is 240 g/mol. The maximum atomic E-state index is 8.79. The van der Waals surface area contributed by atoms with Crippen molar-refractivity contribution >= 4 is 21.6 Å². The first-order valence-electron chi connectivity index (χ1n) is 4.59. The third kappa shape index (κ3) is 2.74. The smallest absolute Gasteiger partial charge is 0.114 e. The first-order chi connectivity index (χ1) is 6.67. The van der Waals surface area contributed by atoms with Crippen LogP contribution < -0.4 is 5.32 Å². The van der Waals surface area contributed by atoms with Gasteiger partial charge in [0, 0.05) is 10.2 Å². The average Bonchev–Trinajstić information content (AvgIpc) is 2.19. The Labute approximate surface area is 93.1 Å². The predicted molar refractivity (Wildman–Crippen MR) is 62.2 cm³/mol. The zero-order valence-corrected chi connectivity index (χ0v) is 9.93. The van der Waals surface area contributed by atoms with Crippen LogP contribution >= 0.6 is 15.9 Å². The zero-order chi connectivity index (χ0) is 10.6. The van der Waals surface area contributed by atoms with Gasteiger partial charge in [0.25, 0.3) is 0 Å². The van der Waals surface area contributed by atoms with E-state index in [-0.39, 0.29) is 6.04 Å². The molecular formula is C11H13BrN2. The van der Waals surface area contributed by atoms with E-state index in [4.69, 9.17) is 5.26 Å². The number of rotatable bonds is 3. The molecule has 0 aliphatic rings. The van der Waals surface area contributed by atoms with Gasteiger partial charge in [0.05, 0.1) is 6.07 Å². The molecule has 1 unspecified atom stereocenters. The highest BCUT2D eigenvalue weighted by Crippen LogP contribution is 2.21. The quantitative estimate of drug-likeness (QED) is 0.895. The number of halogens is 1. The summed E-state index contributed by atoms with van der Waals surface area (Å²) < 4.78 is 1.07. The molecule has 74 valence electrons. The number of hydrogen-bond donors (Lipinski definition) is 1. The first-order valence-corrected chi connectivity index (χ1v) is 5.39. The number of aryl methyl sites for hydroxylation is 1. The van der Waals surface area contributed by atoms with Crippen molar-refractivity contribution in [3.63, 3.8) is 0 Å². The van der Waals surface area contributed by atoms with Crippen molar-refractivity contribution in [3.05, 3.63) is 28.2 Å². The standard InChI is InChI=1S/C11H13BrN2/c1-3-9(7-13)14-10-5-4-8(2)11(12)6-10/h4-6,9,14H,3H2,1-2H3. The SMILES string of the molecule is CCC(C#N)Nc1ccc(C)c(Br)c1. The maximum absolute atomic E-state index is 8.79. The van der Waals surface area contributed by atoms with Gasteiger partial charge in [0.1, 0.15) is 6.04 Å². The van der Waals surface area contributed by atoms with Gasteiger partial charge in [-0.1, -0.05) is 28.9 Å². The third-order valence-electron chi connectivity index (χ3n) is 2.08. The van der Waals surface area contributed by atoms with Crippen LogP contribution in [0, 0.1) is 18.3 Å². The molecule has 1 atom stereocenters. The van der Waals surface area contributed by atoms with Crippen molar-refractivity contribution in [2.24, 2.45) is 0 Å². The van der Waals surface area contributed by atoms with Crippen molar-refractivity contribution in [3.8, 4) is 6.07 Å². The van der Waals surface area contributed by atoms with E-state index < -0.39 is 0 Å². The Kier molecular flexibility index (Phi) is 3.97. The summed E-state index contributed by atoms with van der Waals surface area (Å²) in [5.74, 6) is 0. The topological polar surface area (TPSA) is 35.8 Å². The summed E-state index contributed by atoms with van der Waals surface area (Å²) in [5, 5.41) is 11.9. The highest BCUT2D eigenvalue weighted by Gasteiger charge is 2.04. The van der Waals surface area contributed by atoms with Crippen LogP contribution in [-0.4, -0.2) is 6.04 Å². The molecule has 0 saturated heterocycles. The number of anilines is 1. The van der Waals surface area contributed by atoms with Gasteiger partial charge in [-0.15, -0.1) is 0 Å². The number of nitrogens with zero attached hydrogens (tertiary/aromatic N) is 1. The Hall–Kier alpha value is -1.01. The molecule has 2 nitrogen and oxygen atoms in total. The van der Waals surface area contributed by atoms with Gasteiger partial charge in [0.2, 0.25) is 0 Å². The zero-order valence-electron chi connectivity index (χ0n) is 8.34. The van der Waals surface area contributed by atoms with Gasteiger partial charge in [-0.25, -0.2) is 0 Å². The number of nitrogens with one attached hydrogen (secondary N) is 1. The average molecular weight is 253 g/mol. The van der Waals surface area contributed by atoms with Crippen molar-refractivity contribution in [2.45, 2.75) is 26.3 Å². The Balaban J connectivity index is 2.78. The van der Waals surface area contributed by atoms with E-state index in [1.807, 2.05) is 32.0 Å². The molecule has 1 aromatic carbocycles. The van der Waals surface area contributed by atoms with Gasteiger partial charge in [-0.3, -0.25) is 0 Å². The molecule has 0 fully saturated rings. The second-order valence-electron chi connectivity index (χ2n) is 3.20. The van der Waals surface area contributed by atoms with Crippen LogP contribution in [0.1, 0.15) is 18.9 Å². The summed E-state index contributed by atoms with van der Waals surface area (Å²) in [6.45, 7) is 4.03. The minimum Gasteiger partial charge on any atom is -0.370 e. The molecule has 0 aliphatic heterocycles. The summed E-state index contributed by atoms with van der Waals surface area (Å²) in [5.41, 5.74) is 2.18. The van der Waals surface area contributed by atoms with Gasteiger partial charge in [-0.05, 0) is 31.0 Å². The molecule has 0 amide bonds. The lowest BCUT2D eigenvalue weighted by molar-refractivity contribution is 0.845. The predicted octanol–water partition coefficient (Wildman–Crippen LogP) is 3.47. The van der Waals surface area contributed by atoms with Gasteiger partial charge < -0.3 is 5.32 Å². The normalized spacial score (nSPS) is 11.9. The summed E-state index contributed by atoms with van der Waals surface area (Å²) in [6, 6.07) is 8.11. The largest absolute Gasteiger partial charge is 0.370 e. The lowest BCUT2D eigenvalue weighted by Gasteiger charge is -2.11. The van der Waals surface area contributed by atoms with Crippen molar-refractivity contribution < 1.29 is 0 Å². The Morgan fingerprint density at radius 2 is 2.29 bits per heavy atom. The summed E-state index contributed by atoms with van der Waals surface area (Å²) in [7, 11) is 0. The molecule has 1 N–H and O–H groups in total.